The Bertz CT molecular complexity index is 419. The Labute approximate surface area is 113 Å². The van der Waals surface area contributed by atoms with Crippen LogP contribution in [-0.4, -0.2) is 38.1 Å². The number of likely N-dealkylation sites (tertiary alicyclic amines) is 1. The van der Waals surface area contributed by atoms with E-state index in [1.165, 1.54) is 12.1 Å². The van der Waals surface area contributed by atoms with Crippen molar-refractivity contribution in [3.05, 3.63) is 29.3 Å². The molecule has 0 atom stereocenters. The molecule has 3 nitrogen and oxygen atoms in total. The standard InChI is InChI=1S/C14H21F2N3/c1-18-5-3-11(4-6-18)19(2)14-12(15)7-10(9-17)8-13(14)16/h7-8,11H,3-6,9,17H2,1-2H3. The Morgan fingerprint density at radius 2 is 1.79 bits per heavy atom. The predicted octanol–water partition coefficient (Wildman–Crippen LogP) is 1.95. The van der Waals surface area contributed by atoms with Crippen LogP contribution in [0.1, 0.15) is 18.4 Å². The Morgan fingerprint density at radius 3 is 2.26 bits per heavy atom. The Balaban J connectivity index is 2.21. The Hall–Kier alpha value is -1.20. The molecule has 1 aromatic carbocycles. The van der Waals surface area contributed by atoms with E-state index >= 15 is 0 Å². The third-order valence-corrected chi connectivity index (χ3v) is 3.90. The van der Waals surface area contributed by atoms with E-state index in [9.17, 15) is 8.78 Å². The zero-order valence-corrected chi connectivity index (χ0v) is 11.5. The summed E-state index contributed by atoms with van der Waals surface area (Å²) in [4.78, 5) is 3.96. The average molecular weight is 269 g/mol. The molecule has 1 aliphatic heterocycles. The van der Waals surface area contributed by atoms with E-state index in [4.69, 9.17) is 5.73 Å². The van der Waals surface area contributed by atoms with Crippen molar-refractivity contribution >= 4 is 5.69 Å². The highest BCUT2D eigenvalue weighted by molar-refractivity contribution is 5.51. The molecule has 0 bridgehead atoms. The number of rotatable bonds is 3. The lowest BCUT2D eigenvalue weighted by Gasteiger charge is -2.36. The number of halogens is 2. The first-order valence-corrected chi connectivity index (χ1v) is 6.62. The summed E-state index contributed by atoms with van der Waals surface area (Å²) in [6, 6.07) is 2.83. The first-order chi connectivity index (χ1) is 9.02. The van der Waals surface area contributed by atoms with Gasteiger partial charge in [0.2, 0.25) is 0 Å². The number of hydrogen-bond donors (Lipinski definition) is 1. The van der Waals surface area contributed by atoms with Crippen LogP contribution in [0.4, 0.5) is 14.5 Å². The van der Waals surface area contributed by atoms with Gasteiger partial charge in [-0.2, -0.15) is 0 Å². The highest BCUT2D eigenvalue weighted by Gasteiger charge is 2.25. The van der Waals surface area contributed by atoms with Crippen molar-refractivity contribution < 1.29 is 8.78 Å². The van der Waals surface area contributed by atoms with Gasteiger partial charge < -0.3 is 15.5 Å². The molecule has 1 fully saturated rings. The van der Waals surface area contributed by atoms with Gasteiger partial charge in [-0.3, -0.25) is 0 Å². The molecule has 1 saturated heterocycles. The van der Waals surface area contributed by atoms with E-state index in [-0.39, 0.29) is 18.3 Å². The van der Waals surface area contributed by atoms with Gasteiger partial charge in [0, 0.05) is 19.6 Å². The van der Waals surface area contributed by atoms with E-state index in [2.05, 4.69) is 11.9 Å². The molecule has 2 N–H and O–H groups in total. The molecule has 1 aromatic rings. The van der Waals surface area contributed by atoms with Gasteiger partial charge in [0.25, 0.3) is 0 Å². The molecular weight excluding hydrogens is 248 g/mol. The van der Waals surface area contributed by atoms with E-state index in [0.717, 1.165) is 25.9 Å². The average Bonchev–Trinajstić information content (AvgIpc) is 2.38. The molecule has 0 saturated carbocycles. The monoisotopic (exact) mass is 269 g/mol. The second-order valence-electron chi connectivity index (χ2n) is 5.26. The van der Waals surface area contributed by atoms with Gasteiger partial charge in [0.05, 0.1) is 0 Å². The van der Waals surface area contributed by atoms with Gasteiger partial charge in [-0.15, -0.1) is 0 Å². The minimum absolute atomic E-state index is 0.0618. The minimum Gasteiger partial charge on any atom is -0.367 e. The Kier molecular flexibility index (Phi) is 4.37. The van der Waals surface area contributed by atoms with E-state index in [1.54, 1.807) is 11.9 Å². The zero-order valence-electron chi connectivity index (χ0n) is 11.5. The summed E-state index contributed by atoms with van der Waals surface area (Å²) in [7, 11) is 3.83. The van der Waals surface area contributed by atoms with E-state index < -0.39 is 11.6 Å². The fourth-order valence-corrected chi connectivity index (χ4v) is 2.64. The van der Waals surface area contributed by atoms with Crippen LogP contribution in [0.25, 0.3) is 0 Å². The summed E-state index contributed by atoms with van der Waals surface area (Å²) in [6.45, 7) is 2.06. The predicted molar refractivity (Wildman–Crippen MR) is 73.2 cm³/mol. The maximum absolute atomic E-state index is 14.0. The molecule has 0 aliphatic carbocycles. The fraction of sp³-hybridized carbons (Fsp3) is 0.571. The molecule has 106 valence electrons. The van der Waals surface area contributed by atoms with E-state index in [1.807, 2.05) is 0 Å². The SMILES string of the molecule is CN1CCC(N(C)c2c(F)cc(CN)cc2F)CC1. The summed E-state index contributed by atoms with van der Waals surface area (Å²) >= 11 is 0. The number of anilines is 1. The van der Waals surface area contributed by atoms with Crippen LogP contribution in [0.15, 0.2) is 12.1 Å². The summed E-state index contributed by atoms with van der Waals surface area (Å²) in [5.41, 5.74) is 5.96. The van der Waals surface area contributed by atoms with Crippen molar-refractivity contribution in [2.24, 2.45) is 5.73 Å². The molecule has 0 amide bonds. The molecular formula is C14H21F2N3. The number of nitrogens with zero attached hydrogens (tertiary/aromatic N) is 2. The normalized spacial score (nSPS) is 17.7. The summed E-state index contributed by atoms with van der Waals surface area (Å²) < 4.78 is 28.1. The Morgan fingerprint density at radius 1 is 1.26 bits per heavy atom. The lowest BCUT2D eigenvalue weighted by atomic mass is 10.0. The first kappa shape index (κ1) is 14.2. The van der Waals surface area contributed by atoms with Gasteiger partial charge in [0.15, 0.2) is 0 Å². The van der Waals surface area contributed by atoms with E-state index in [0.29, 0.717) is 5.56 Å². The van der Waals surface area contributed by atoms with Crippen molar-refractivity contribution in [1.82, 2.24) is 4.90 Å². The van der Waals surface area contributed by atoms with Crippen LogP contribution in [0.5, 0.6) is 0 Å². The fourth-order valence-electron chi connectivity index (χ4n) is 2.64. The molecule has 1 aliphatic rings. The van der Waals surface area contributed by atoms with Crippen LogP contribution in [0.3, 0.4) is 0 Å². The second kappa shape index (κ2) is 5.84. The molecule has 19 heavy (non-hydrogen) atoms. The van der Waals surface area contributed by atoms with Crippen molar-refractivity contribution in [1.29, 1.82) is 0 Å². The van der Waals surface area contributed by atoms with Crippen LogP contribution < -0.4 is 10.6 Å². The highest BCUT2D eigenvalue weighted by atomic mass is 19.1. The van der Waals surface area contributed by atoms with Gasteiger partial charge in [0.1, 0.15) is 17.3 Å². The molecule has 0 radical (unpaired) electrons. The lowest BCUT2D eigenvalue weighted by Crippen LogP contribution is -2.42. The first-order valence-electron chi connectivity index (χ1n) is 6.62. The lowest BCUT2D eigenvalue weighted by molar-refractivity contribution is 0.252. The third-order valence-electron chi connectivity index (χ3n) is 3.90. The smallest absolute Gasteiger partial charge is 0.149 e. The zero-order chi connectivity index (χ0) is 14.0. The molecule has 5 heteroatoms. The topological polar surface area (TPSA) is 32.5 Å². The van der Waals surface area contributed by atoms with Crippen molar-refractivity contribution in [2.45, 2.75) is 25.4 Å². The quantitative estimate of drug-likeness (QED) is 0.910. The van der Waals surface area contributed by atoms with Gasteiger partial charge in [-0.1, -0.05) is 0 Å². The van der Waals surface area contributed by atoms with Crippen LogP contribution in [0.2, 0.25) is 0 Å². The second-order valence-corrected chi connectivity index (χ2v) is 5.26. The summed E-state index contributed by atoms with van der Waals surface area (Å²) in [5, 5.41) is 0. The van der Waals surface area contributed by atoms with Gasteiger partial charge >= 0.3 is 0 Å². The third kappa shape index (κ3) is 3.04. The van der Waals surface area contributed by atoms with Crippen molar-refractivity contribution in [3.8, 4) is 0 Å². The number of piperidine rings is 1. The molecule has 0 aromatic heterocycles. The molecule has 1 heterocycles. The van der Waals surface area contributed by atoms with Crippen molar-refractivity contribution in [2.75, 3.05) is 32.1 Å². The molecule has 2 rings (SSSR count). The van der Waals surface area contributed by atoms with Gasteiger partial charge in [-0.25, -0.2) is 8.78 Å². The number of hydrogen-bond acceptors (Lipinski definition) is 3. The minimum atomic E-state index is -0.526. The van der Waals surface area contributed by atoms with Crippen LogP contribution in [0, 0.1) is 11.6 Å². The largest absolute Gasteiger partial charge is 0.367 e. The molecule has 0 unspecified atom stereocenters. The molecule has 0 spiro atoms. The van der Waals surface area contributed by atoms with Crippen LogP contribution in [-0.2, 0) is 6.54 Å². The number of nitrogens with two attached hydrogens (primary N) is 1. The van der Waals surface area contributed by atoms with Gasteiger partial charge in [-0.05, 0) is 50.7 Å². The maximum Gasteiger partial charge on any atom is 0.149 e. The highest BCUT2D eigenvalue weighted by Crippen LogP contribution is 2.28. The summed E-state index contributed by atoms with van der Waals surface area (Å²) in [6.07, 6.45) is 1.84. The summed E-state index contributed by atoms with van der Waals surface area (Å²) in [5.74, 6) is -1.05. The van der Waals surface area contributed by atoms with Crippen LogP contribution >= 0.6 is 0 Å². The number of benzene rings is 1. The maximum atomic E-state index is 14.0. The van der Waals surface area contributed by atoms with Crippen molar-refractivity contribution in [3.63, 3.8) is 0 Å².